The number of hydrogen-bond donors (Lipinski definition) is 2. The van der Waals surface area contributed by atoms with Gasteiger partial charge in [0, 0.05) is 12.1 Å². The lowest BCUT2D eigenvalue weighted by Gasteiger charge is -2.26. The summed E-state index contributed by atoms with van der Waals surface area (Å²) < 4.78 is 5.03. The Bertz CT molecular complexity index is 289. The molecular weight excluding hydrogens is 180 g/mol. The number of rotatable bonds is 4. The summed E-state index contributed by atoms with van der Waals surface area (Å²) >= 11 is 0. The van der Waals surface area contributed by atoms with Crippen LogP contribution >= 0.6 is 0 Å². The highest BCUT2D eigenvalue weighted by Gasteiger charge is 2.21. The van der Waals surface area contributed by atoms with E-state index in [2.05, 4.69) is 10.5 Å². The Hall–Kier alpha value is -0.870. The average molecular weight is 198 g/mol. The monoisotopic (exact) mass is 198 g/mol. The molecule has 1 aromatic heterocycles. The van der Waals surface area contributed by atoms with E-state index in [1.54, 1.807) is 13.8 Å². The Labute approximate surface area is 84.3 Å². The molecule has 4 heteroatoms. The second kappa shape index (κ2) is 4.11. The third-order valence-electron chi connectivity index (χ3n) is 2.32. The molecule has 0 spiro atoms. The van der Waals surface area contributed by atoms with Gasteiger partial charge in [0.25, 0.3) is 0 Å². The number of nitrogens with one attached hydrogen (secondary N) is 1. The second-order valence-corrected chi connectivity index (χ2v) is 4.19. The smallest absolute Gasteiger partial charge is 0.150 e. The number of nitrogens with zero attached hydrogens (tertiary/aromatic N) is 1. The fraction of sp³-hybridized carbons (Fsp3) is 0.700. The zero-order chi connectivity index (χ0) is 10.8. The lowest BCUT2D eigenvalue weighted by atomic mass is 10.0. The minimum absolute atomic E-state index is 0.00732. The largest absolute Gasteiger partial charge is 0.389 e. The third kappa shape index (κ3) is 3.12. The number of aryl methyl sites for hydroxylation is 1. The SMILES string of the molecule is Cc1cc(CNC(C)C(C)(C)O)on1. The first-order valence-corrected chi connectivity index (χ1v) is 4.77. The maximum atomic E-state index is 9.66. The maximum Gasteiger partial charge on any atom is 0.150 e. The molecule has 0 aromatic carbocycles. The van der Waals surface area contributed by atoms with Gasteiger partial charge < -0.3 is 14.9 Å². The van der Waals surface area contributed by atoms with Gasteiger partial charge in [-0.25, -0.2) is 0 Å². The van der Waals surface area contributed by atoms with Gasteiger partial charge in [-0.05, 0) is 27.7 Å². The van der Waals surface area contributed by atoms with Crippen molar-refractivity contribution in [3.63, 3.8) is 0 Å². The standard InChI is InChI=1S/C10H18N2O2/c1-7-5-9(14-12-7)6-11-8(2)10(3,4)13/h5,8,11,13H,6H2,1-4H3. The van der Waals surface area contributed by atoms with Crippen molar-refractivity contribution >= 4 is 0 Å². The quantitative estimate of drug-likeness (QED) is 0.764. The van der Waals surface area contributed by atoms with Crippen LogP contribution in [-0.2, 0) is 6.54 Å². The van der Waals surface area contributed by atoms with Crippen LogP contribution in [0.2, 0.25) is 0 Å². The summed E-state index contributed by atoms with van der Waals surface area (Å²) in [4.78, 5) is 0. The Morgan fingerprint density at radius 1 is 1.64 bits per heavy atom. The predicted molar refractivity (Wildman–Crippen MR) is 53.8 cm³/mol. The molecule has 14 heavy (non-hydrogen) atoms. The second-order valence-electron chi connectivity index (χ2n) is 4.19. The molecule has 2 N–H and O–H groups in total. The predicted octanol–water partition coefficient (Wildman–Crippen LogP) is 1.23. The molecule has 0 aliphatic carbocycles. The highest BCUT2D eigenvalue weighted by molar-refractivity contribution is 5.02. The summed E-state index contributed by atoms with van der Waals surface area (Å²) in [7, 11) is 0. The van der Waals surface area contributed by atoms with Gasteiger partial charge >= 0.3 is 0 Å². The van der Waals surface area contributed by atoms with Crippen molar-refractivity contribution in [3.05, 3.63) is 17.5 Å². The van der Waals surface area contributed by atoms with Crippen LogP contribution in [0, 0.1) is 6.92 Å². The van der Waals surface area contributed by atoms with E-state index in [0.29, 0.717) is 6.54 Å². The molecule has 1 rings (SSSR count). The molecule has 4 nitrogen and oxygen atoms in total. The average Bonchev–Trinajstić information content (AvgIpc) is 2.45. The molecule has 0 radical (unpaired) electrons. The summed E-state index contributed by atoms with van der Waals surface area (Å²) in [5, 5.41) is 16.6. The van der Waals surface area contributed by atoms with Crippen molar-refractivity contribution < 1.29 is 9.63 Å². The lowest BCUT2D eigenvalue weighted by molar-refractivity contribution is 0.0429. The van der Waals surface area contributed by atoms with Gasteiger partial charge in [-0.1, -0.05) is 5.16 Å². The molecule has 1 atom stereocenters. The first kappa shape index (κ1) is 11.2. The van der Waals surface area contributed by atoms with Crippen LogP contribution in [0.3, 0.4) is 0 Å². The number of aromatic nitrogens is 1. The first-order chi connectivity index (χ1) is 6.39. The van der Waals surface area contributed by atoms with Crippen LogP contribution in [-0.4, -0.2) is 21.9 Å². The van der Waals surface area contributed by atoms with Crippen molar-refractivity contribution in [3.8, 4) is 0 Å². The normalized spacial score (nSPS) is 14.4. The van der Waals surface area contributed by atoms with Crippen LogP contribution in [0.15, 0.2) is 10.6 Å². The van der Waals surface area contributed by atoms with Gasteiger partial charge in [0.15, 0.2) is 5.76 Å². The molecule has 1 heterocycles. The maximum absolute atomic E-state index is 9.66. The van der Waals surface area contributed by atoms with E-state index in [0.717, 1.165) is 11.5 Å². The van der Waals surface area contributed by atoms with E-state index >= 15 is 0 Å². The van der Waals surface area contributed by atoms with Crippen LogP contribution in [0.1, 0.15) is 32.2 Å². The van der Waals surface area contributed by atoms with E-state index in [1.807, 2.05) is 19.9 Å². The molecule has 0 aliphatic rings. The van der Waals surface area contributed by atoms with Crippen molar-refractivity contribution in [2.75, 3.05) is 0 Å². The summed E-state index contributed by atoms with van der Waals surface area (Å²) in [6, 6.07) is 1.89. The molecule has 0 saturated heterocycles. The fourth-order valence-electron chi connectivity index (χ4n) is 1.00. The molecular formula is C10H18N2O2. The van der Waals surface area contributed by atoms with Crippen molar-refractivity contribution in [2.24, 2.45) is 0 Å². The molecule has 0 fully saturated rings. The topological polar surface area (TPSA) is 58.3 Å². The minimum Gasteiger partial charge on any atom is -0.389 e. The Morgan fingerprint density at radius 3 is 2.71 bits per heavy atom. The Balaban J connectivity index is 2.41. The fourth-order valence-corrected chi connectivity index (χ4v) is 1.00. The molecule has 0 amide bonds. The molecule has 1 aromatic rings. The van der Waals surface area contributed by atoms with Gasteiger partial charge in [0.05, 0.1) is 17.8 Å². The van der Waals surface area contributed by atoms with Gasteiger partial charge in [0.1, 0.15) is 0 Å². The van der Waals surface area contributed by atoms with Gasteiger partial charge in [-0.2, -0.15) is 0 Å². The highest BCUT2D eigenvalue weighted by Crippen LogP contribution is 2.09. The first-order valence-electron chi connectivity index (χ1n) is 4.77. The van der Waals surface area contributed by atoms with Gasteiger partial charge in [-0.15, -0.1) is 0 Å². The van der Waals surface area contributed by atoms with Crippen molar-refractivity contribution in [1.29, 1.82) is 0 Å². The molecule has 0 aliphatic heterocycles. The van der Waals surface area contributed by atoms with E-state index in [-0.39, 0.29) is 6.04 Å². The number of aliphatic hydroxyl groups is 1. The van der Waals surface area contributed by atoms with E-state index in [4.69, 9.17) is 4.52 Å². The zero-order valence-corrected chi connectivity index (χ0v) is 9.16. The molecule has 1 unspecified atom stereocenters. The zero-order valence-electron chi connectivity index (χ0n) is 9.16. The summed E-state index contributed by atoms with van der Waals surface area (Å²) in [6.45, 7) is 7.95. The molecule has 0 saturated carbocycles. The number of hydrogen-bond acceptors (Lipinski definition) is 4. The highest BCUT2D eigenvalue weighted by atomic mass is 16.5. The summed E-state index contributed by atoms with van der Waals surface area (Å²) in [6.07, 6.45) is 0. The van der Waals surface area contributed by atoms with Crippen molar-refractivity contribution in [1.82, 2.24) is 10.5 Å². The van der Waals surface area contributed by atoms with Crippen LogP contribution in [0.25, 0.3) is 0 Å². The minimum atomic E-state index is -0.727. The Morgan fingerprint density at radius 2 is 2.29 bits per heavy atom. The van der Waals surface area contributed by atoms with Gasteiger partial charge in [-0.3, -0.25) is 0 Å². The molecule has 80 valence electrons. The van der Waals surface area contributed by atoms with Crippen LogP contribution < -0.4 is 5.32 Å². The van der Waals surface area contributed by atoms with E-state index < -0.39 is 5.60 Å². The van der Waals surface area contributed by atoms with Crippen molar-refractivity contribution in [2.45, 2.75) is 45.9 Å². The third-order valence-corrected chi connectivity index (χ3v) is 2.32. The molecule has 0 bridgehead atoms. The lowest BCUT2D eigenvalue weighted by Crippen LogP contribution is -2.44. The van der Waals surface area contributed by atoms with E-state index in [9.17, 15) is 5.11 Å². The van der Waals surface area contributed by atoms with Crippen LogP contribution in [0.5, 0.6) is 0 Å². The van der Waals surface area contributed by atoms with E-state index in [1.165, 1.54) is 0 Å². The summed E-state index contributed by atoms with van der Waals surface area (Å²) in [5.41, 5.74) is 0.146. The van der Waals surface area contributed by atoms with Gasteiger partial charge in [0.2, 0.25) is 0 Å². The summed E-state index contributed by atoms with van der Waals surface area (Å²) in [5.74, 6) is 0.790. The van der Waals surface area contributed by atoms with Crippen LogP contribution in [0.4, 0.5) is 0 Å². The Kier molecular flexibility index (Phi) is 3.29.